The van der Waals surface area contributed by atoms with E-state index in [1.54, 1.807) is 18.7 Å². The van der Waals surface area contributed by atoms with Crippen molar-refractivity contribution in [3.63, 3.8) is 0 Å². The first-order chi connectivity index (χ1) is 5.79. The molecule has 0 radical (unpaired) electrons. The van der Waals surface area contributed by atoms with Crippen molar-refractivity contribution in [2.24, 2.45) is 0 Å². The van der Waals surface area contributed by atoms with Gasteiger partial charge >= 0.3 is 0 Å². The molecule has 0 saturated carbocycles. The molecular formula is C7H7N3O2. The van der Waals surface area contributed by atoms with E-state index in [0.717, 1.165) is 0 Å². The number of amides is 2. The predicted molar refractivity (Wildman–Crippen MR) is 40.9 cm³/mol. The van der Waals surface area contributed by atoms with Crippen molar-refractivity contribution in [3.8, 4) is 0 Å². The lowest BCUT2D eigenvalue weighted by atomic mass is 10.6. The minimum Gasteiger partial charge on any atom is -0.351 e. The van der Waals surface area contributed by atoms with Gasteiger partial charge in [0.2, 0.25) is 0 Å². The third-order valence-electron chi connectivity index (χ3n) is 1.04. The number of nitrogens with one attached hydrogen (secondary N) is 2. The van der Waals surface area contributed by atoms with E-state index >= 15 is 0 Å². The smallest absolute Gasteiger partial charge is 0.250 e. The number of aromatic nitrogens is 2. The molecule has 0 aromatic carbocycles. The van der Waals surface area contributed by atoms with Crippen LogP contribution in [0.3, 0.4) is 0 Å². The second-order valence-corrected chi connectivity index (χ2v) is 1.95. The maximum Gasteiger partial charge on any atom is 0.250 e. The number of rotatable bonds is 0. The highest BCUT2D eigenvalue weighted by molar-refractivity contribution is 6.12. The molecule has 0 fully saturated rings. The Bertz CT molecular complexity index is 256. The molecule has 2 N–H and O–H groups in total. The lowest BCUT2D eigenvalue weighted by molar-refractivity contribution is -0.123. The van der Waals surface area contributed by atoms with Gasteiger partial charge in [-0.2, -0.15) is 0 Å². The Morgan fingerprint density at radius 3 is 2.00 bits per heavy atom. The third kappa shape index (κ3) is 2.78. The van der Waals surface area contributed by atoms with Gasteiger partial charge in [0, 0.05) is 24.5 Å². The quantitative estimate of drug-likeness (QED) is 0.514. The minimum atomic E-state index is -0.329. The second-order valence-electron chi connectivity index (χ2n) is 1.95. The molecule has 0 aliphatic carbocycles. The van der Waals surface area contributed by atoms with Crippen LogP contribution in [0.5, 0.6) is 0 Å². The van der Waals surface area contributed by atoms with Crippen molar-refractivity contribution >= 4 is 11.8 Å². The molecule has 12 heavy (non-hydrogen) atoms. The van der Waals surface area contributed by atoms with Crippen LogP contribution in [0, 0.1) is 0 Å². The molecular weight excluding hydrogens is 158 g/mol. The van der Waals surface area contributed by atoms with Crippen LogP contribution in [0.2, 0.25) is 0 Å². The normalized spacial score (nSPS) is 13.7. The number of carbonyl (C=O) groups is 2. The van der Waals surface area contributed by atoms with E-state index in [9.17, 15) is 9.59 Å². The fourth-order valence-electron chi connectivity index (χ4n) is 0.571. The van der Waals surface area contributed by atoms with Gasteiger partial charge in [-0.05, 0) is 0 Å². The number of nitrogens with zero attached hydrogens (tertiary/aromatic N) is 1. The van der Waals surface area contributed by atoms with Crippen molar-refractivity contribution in [1.82, 2.24) is 15.3 Å². The maximum atomic E-state index is 10.0. The van der Waals surface area contributed by atoms with Crippen LogP contribution >= 0.6 is 0 Å². The van der Waals surface area contributed by atoms with Crippen LogP contribution in [0.25, 0.3) is 0 Å². The first kappa shape index (κ1) is 8.19. The average molecular weight is 165 g/mol. The summed E-state index contributed by atoms with van der Waals surface area (Å²) in [5.41, 5.74) is 0. The molecule has 1 aromatic heterocycles. The topological polar surface area (TPSA) is 74.8 Å². The molecule has 0 unspecified atom stereocenters. The van der Waals surface area contributed by atoms with Crippen LogP contribution in [0.4, 0.5) is 0 Å². The average Bonchev–Trinajstić information content (AvgIpc) is 2.63. The molecule has 0 bridgehead atoms. The van der Waals surface area contributed by atoms with Gasteiger partial charge in [0.05, 0.1) is 6.33 Å². The standard InChI is InChI=1S/C4H3NO2.C3H4N2/c6-3-1-2-4(7)5-3;1-2-5-3-4-1/h1-2H,(H,5,6,7);1-3H,(H,4,5). The second kappa shape index (κ2) is 4.07. The Labute approximate surface area is 68.5 Å². The first-order valence-corrected chi connectivity index (χ1v) is 3.25. The zero-order valence-corrected chi connectivity index (χ0v) is 6.15. The zero-order valence-electron chi connectivity index (χ0n) is 6.15. The van der Waals surface area contributed by atoms with Gasteiger partial charge in [-0.15, -0.1) is 0 Å². The van der Waals surface area contributed by atoms with Gasteiger partial charge in [0.1, 0.15) is 0 Å². The molecule has 62 valence electrons. The number of hydrogen-bond donors (Lipinski definition) is 2. The van der Waals surface area contributed by atoms with Crippen LogP contribution in [0.1, 0.15) is 0 Å². The van der Waals surface area contributed by atoms with E-state index in [2.05, 4.69) is 9.97 Å². The number of imidazole rings is 1. The number of carbonyl (C=O) groups excluding carboxylic acids is 2. The van der Waals surface area contributed by atoms with Gasteiger partial charge in [0.25, 0.3) is 11.8 Å². The summed E-state index contributed by atoms with van der Waals surface area (Å²) in [5.74, 6) is -0.657. The predicted octanol–water partition coefficient (Wildman–Crippen LogP) is -0.391. The van der Waals surface area contributed by atoms with E-state index in [-0.39, 0.29) is 11.8 Å². The summed E-state index contributed by atoms with van der Waals surface area (Å²) in [6.45, 7) is 0. The van der Waals surface area contributed by atoms with Crippen molar-refractivity contribution in [1.29, 1.82) is 0 Å². The summed E-state index contributed by atoms with van der Waals surface area (Å²) < 4.78 is 0. The summed E-state index contributed by atoms with van der Waals surface area (Å²) in [6, 6.07) is 0. The van der Waals surface area contributed by atoms with E-state index in [0.29, 0.717) is 0 Å². The van der Waals surface area contributed by atoms with Crippen LogP contribution < -0.4 is 5.32 Å². The molecule has 0 atom stereocenters. The van der Waals surface area contributed by atoms with E-state index in [4.69, 9.17) is 0 Å². The summed E-state index contributed by atoms with van der Waals surface area (Å²) in [6.07, 6.45) is 7.48. The number of aromatic amines is 1. The molecule has 1 aliphatic heterocycles. The van der Waals surface area contributed by atoms with Crippen molar-refractivity contribution in [2.75, 3.05) is 0 Å². The lowest BCUT2D eigenvalue weighted by Gasteiger charge is -1.80. The summed E-state index contributed by atoms with van der Waals surface area (Å²) in [5, 5.41) is 2.03. The summed E-state index contributed by atoms with van der Waals surface area (Å²) in [4.78, 5) is 26.5. The Hall–Kier alpha value is -1.91. The molecule has 2 rings (SSSR count). The fourth-order valence-corrected chi connectivity index (χ4v) is 0.571. The van der Waals surface area contributed by atoms with E-state index in [1.165, 1.54) is 12.2 Å². The van der Waals surface area contributed by atoms with Crippen molar-refractivity contribution < 1.29 is 9.59 Å². The van der Waals surface area contributed by atoms with Crippen LogP contribution in [-0.2, 0) is 9.59 Å². The molecule has 5 nitrogen and oxygen atoms in total. The van der Waals surface area contributed by atoms with Crippen LogP contribution in [-0.4, -0.2) is 21.8 Å². The Balaban J connectivity index is 0.000000127. The van der Waals surface area contributed by atoms with Gasteiger partial charge in [-0.3, -0.25) is 14.9 Å². The van der Waals surface area contributed by atoms with Gasteiger partial charge in [-0.25, -0.2) is 4.98 Å². The van der Waals surface area contributed by atoms with E-state index < -0.39 is 0 Å². The van der Waals surface area contributed by atoms with Gasteiger partial charge < -0.3 is 4.98 Å². The van der Waals surface area contributed by atoms with Crippen LogP contribution in [0.15, 0.2) is 30.9 Å². The van der Waals surface area contributed by atoms with Gasteiger partial charge in [-0.1, -0.05) is 0 Å². The fraction of sp³-hybridized carbons (Fsp3) is 0. The lowest BCUT2D eigenvalue weighted by Crippen LogP contribution is -2.19. The molecule has 2 heterocycles. The Morgan fingerprint density at radius 1 is 1.17 bits per heavy atom. The maximum absolute atomic E-state index is 10.0. The highest BCUT2D eigenvalue weighted by Crippen LogP contribution is 1.82. The Kier molecular flexibility index (Phi) is 2.78. The molecule has 1 aromatic rings. The summed E-state index contributed by atoms with van der Waals surface area (Å²) >= 11 is 0. The van der Waals surface area contributed by atoms with E-state index in [1.807, 2.05) is 5.32 Å². The number of hydrogen-bond acceptors (Lipinski definition) is 3. The molecule has 0 saturated heterocycles. The molecule has 0 spiro atoms. The molecule has 1 aliphatic rings. The largest absolute Gasteiger partial charge is 0.351 e. The highest BCUT2D eigenvalue weighted by atomic mass is 16.2. The highest BCUT2D eigenvalue weighted by Gasteiger charge is 2.06. The minimum absolute atomic E-state index is 0.329. The van der Waals surface area contributed by atoms with Gasteiger partial charge in [0.15, 0.2) is 0 Å². The monoisotopic (exact) mass is 165 g/mol. The Morgan fingerprint density at radius 2 is 1.83 bits per heavy atom. The number of imide groups is 1. The number of H-pyrrole nitrogens is 1. The third-order valence-corrected chi connectivity index (χ3v) is 1.04. The first-order valence-electron chi connectivity index (χ1n) is 3.25. The zero-order chi connectivity index (χ0) is 8.81. The van der Waals surface area contributed by atoms with Crippen molar-refractivity contribution in [3.05, 3.63) is 30.9 Å². The SMILES string of the molecule is O=C1C=CC(=O)N1.c1c[nH]cn1. The molecule has 2 amide bonds. The molecule has 5 heteroatoms. The summed E-state index contributed by atoms with van der Waals surface area (Å²) in [7, 11) is 0. The van der Waals surface area contributed by atoms with Crippen molar-refractivity contribution in [2.45, 2.75) is 0 Å².